The fourth-order valence-electron chi connectivity index (χ4n) is 1.37. The lowest BCUT2D eigenvalue weighted by Gasteiger charge is -2.17. The van der Waals surface area contributed by atoms with Gasteiger partial charge >= 0.3 is 0 Å². The number of aryl methyl sites for hydroxylation is 1. The molecule has 1 aromatic carbocycles. The standard InChI is InChI=1S/C12H17NOS/c1-3-10(8-12(13)15)14-11-6-4-5-9(2)7-11/h4-7,10H,3,8H2,1-2H3,(H2,13,15). The van der Waals surface area contributed by atoms with Crippen LogP contribution in [-0.4, -0.2) is 11.1 Å². The number of benzene rings is 1. The summed E-state index contributed by atoms with van der Waals surface area (Å²) in [5.74, 6) is 0.887. The fraction of sp³-hybridized carbons (Fsp3) is 0.417. The molecule has 3 heteroatoms. The molecular weight excluding hydrogens is 206 g/mol. The predicted molar refractivity (Wildman–Crippen MR) is 67.3 cm³/mol. The highest BCUT2D eigenvalue weighted by atomic mass is 32.1. The summed E-state index contributed by atoms with van der Waals surface area (Å²) in [6.07, 6.45) is 1.63. The van der Waals surface area contributed by atoms with Crippen molar-refractivity contribution in [1.82, 2.24) is 0 Å². The van der Waals surface area contributed by atoms with Gasteiger partial charge in [0.25, 0.3) is 0 Å². The summed E-state index contributed by atoms with van der Waals surface area (Å²) in [5.41, 5.74) is 6.70. The van der Waals surface area contributed by atoms with Crippen LogP contribution < -0.4 is 10.5 Å². The van der Waals surface area contributed by atoms with Gasteiger partial charge in [-0.3, -0.25) is 0 Å². The molecule has 0 heterocycles. The van der Waals surface area contributed by atoms with Crippen molar-refractivity contribution in [2.75, 3.05) is 0 Å². The van der Waals surface area contributed by atoms with E-state index < -0.39 is 0 Å². The van der Waals surface area contributed by atoms with E-state index in [4.69, 9.17) is 22.7 Å². The fourth-order valence-corrected chi connectivity index (χ4v) is 1.56. The van der Waals surface area contributed by atoms with Crippen LogP contribution in [0, 0.1) is 6.92 Å². The first kappa shape index (κ1) is 12.0. The van der Waals surface area contributed by atoms with Crippen LogP contribution in [0.25, 0.3) is 0 Å². The highest BCUT2D eigenvalue weighted by molar-refractivity contribution is 7.80. The Morgan fingerprint density at radius 3 is 2.80 bits per heavy atom. The quantitative estimate of drug-likeness (QED) is 0.780. The van der Waals surface area contributed by atoms with Crippen LogP contribution in [0.3, 0.4) is 0 Å². The molecular formula is C12H17NOS. The number of thiocarbonyl (C=S) groups is 1. The molecule has 1 unspecified atom stereocenters. The largest absolute Gasteiger partial charge is 0.490 e. The van der Waals surface area contributed by atoms with E-state index in [1.807, 2.05) is 31.2 Å². The lowest BCUT2D eigenvalue weighted by Crippen LogP contribution is -2.23. The van der Waals surface area contributed by atoms with E-state index in [1.54, 1.807) is 0 Å². The number of ether oxygens (including phenoxy) is 1. The minimum absolute atomic E-state index is 0.0873. The van der Waals surface area contributed by atoms with Gasteiger partial charge in [-0.1, -0.05) is 31.3 Å². The summed E-state index contributed by atoms with van der Waals surface area (Å²) in [6, 6.07) is 8.00. The van der Waals surface area contributed by atoms with E-state index in [-0.39, 0.29) is 6.10 Å². The van der Waals surface area contributed by atoms with Gasteiger partial charge in [-0.15, -0.1) is 0 Å². The first-order valence-electron chi connectivity index (χ1n) is 5.13. The molecule has 1 atom stereocenters. The Morgan fingerprint density at radius 2 is 2.27 bits per heavy atom. The second kappa shape index (κ2) is 5.71. The maximum absolute atomic E-state index is 5.79. The monoisotopic (exact) mass is 223 g/mol. The second-order valence-corrected chi connectivity index (χ2v) is 4.16. The summed E-state index contributed by atoms with van der Waals surface area (Å²) >= 11 is 4.88. The Balaban J connectivity index is 2.62. The highest BCUT2D eigenvalue weighted by Gasteiger charge is 2.09. The van der Waals surface area contributed by atoms with Crippen molar-refractivity contribution < 1.29 is 4.74 Å². The average Bonchev–Trinajstić information content (AvgIpc) is 2.16. The third kappa shape index (κ3) is 4.30. The van der Waals surface area contributed by atoms with Crippen molar-refractivity contribution in [3.05, 3.63) is 29.8 Å². The van der Waals surface area contributed by atoms with Crippen molar-refractivity contribution in [3.63, 3.8) is 0 Å². The molecule has 2 nitrogen and oxygen atoms in total. The van der Waals surface area contributed by atoms with E-state index in [9.17, 15) is 0 Å². The second-order valence-electron chi connectivity index (χ2n) is 3.64. The van der Waals surface area contributed by atoms with E-state index >= 15 is 0 Å². The molecule has 0 saturated carbocycles. The number of hydrogen-bond acceptors (Lipinski definition) is 2. The van der Waals surface area contributed by atoms with Gasteiger partial charge in [0.2, 0.25) is 0 Å². The van der Waals surface area contributed by atoms with Crippen molar-refractivity contribution in [3.8, 4) is 5.75 Å². The summed E-state index contributed by atoms with van der Waals surface area (Å²) in [6.45, 7) is 4.11. The number of hydrogen-bond donors (Lipinski definition) is 1. The van der Waals surface area contributed by atoms with E-state index in [1.165, 1.54) is 5.56 Å². The van der Waals surface area contributed by atoms with Crippen LogP contribution in [0.4, 0.5) is 0 Å². The Morgan fingerprint density at radius 1 is 1.53 bits per heavy atom. The Kier molecular flexibility index (Phi) is 4.56. The molecule has 1 aromatic rings. The maximum atomic E-state index is 5.79. The molecule has 0 aliphatic heterocycles. The van der Waals surface area contributed by atoms with Crippen LogP contribution in [0.1, 0.15) is 25.3 Å². The lowest BCUT2D eigenvalue weighted by molar-refractivity contribution is 0.205. The Labute approximate surface area is 96.4 Å². The van der Waals surface area contributed by atoms with Crippen molar-refractivity contribution in [1.29, 1.82) is 0 Å². The normalized spacial score (nSPS) is 12.1. The summed E-state index contributed by atoms with van der Waals surface area (Å²) in [5, 5.41) is 0. The minimum Gasteiger partial charge on any atom is -0.490 e. The van der Waals surface area contributed by atoms with Gasteiger partial charge in [0.1, 0.15) is 11.9 Å². The molecule has 0 radical (unpaired) electrons. The van der Waals surface area contributed by atoms with E-state index in [0.29, 0.717) is 11.4 Å². The molecule has 0 aliphatic rings. The SMILES string of the molecule is CCC(CC(N)=S)Oc1cccc(C)c1. The molecule has 0 bridgehead atoms. The first-order valence-corrected chi connectivity index (χ1v) is 5.54. The molecule has 0 saturated heterocycles. The van der Waals surface area contributed by atoms with Crippen molar-refractivity contribution >= 4 is 17.2 Å². The van der Waals surface area contributed by atoms with Gasteiger partial charge in [0.05, 0.1) is 4.99 Å². The predicted octanol–water partition coefficient (Wildman–Crippen LogP) is 2.83. The topological polar surface area (TPSA) is 35.2 Å². The van der Waals surface area contributed by atoms with Gasteiger partial charge in [-0.2, -0.15) is 0 Å². The van der Waals surface area contributed by atoms with Gasteiger partial charge in [0, 0.05) is 6.42 Å². The van der Waals surface area contributed by atoms with Crippen molar-refractivity contribution in [2.24, 2.45) is 5.73 Å². The zero-order valence-corrected chi connectivity index (χ0v) is 10.0. The first-order chi connectivity index (χ1) is 7.11. The maximum Gasteiger partial charge on any atom is 0.119 e. The van der Waals surface area contributed by atoms with Gasteiger partial charge in [0.15, 0.2) is 0 Å². The Hall–Kier alpha value is -1.09. The molecule has 1 rings (SSSR count). The molecule has 82 valence electrons. The number of rotatable bonds is 5. The van der Waals surface area contributed by atoms with Crippen LogP contribution in [0.5, 0.6) is 5.75 Å². The smallest absolute Gasteiger partial charge is 0.119 e. The lowest BCUT2D eigenvalue weighted by atomic mass is 10.2. The third-order valence-electron chi connectivity index (χ3n) is 2.18. The van der Waals surface area contributed by atoms with E-state index in [0.717, 1.165) is 12.2 Å². The molecule has 0 amide bonds. The van der Waals surface area contributed by atoms with Crippen LogP contribution in [0.2, 0.25) is 0 Å². The summed E-state index contributed by atoms with van der Waals surface area (Å²) in [7, 11) is 0. The molecule has 0 spiro atoms. The van der Waals surface area contributed by atoms with Crippen LogP contribution >= 0.6 is 12.2 Å². The summed E-state index contributed by atoms with van der Waals surface area (Å²) in [4.78, 5) is 0.509. The highest BCUT2D eigenvalue weighted by Crippen LogP contribution is 2.16. The van der Waals surface area contributed by atoms with Crippen LogP contribution in [-0.2, 0) is 0 Å². The average molecular weight is 223 g/mol. The Bertz CT molecular complexity index is 338. The van der Waals surface area contributed by atoms with E-state index in [2.05, 4.69) is 6.92 Å². The molecule has 0 fully saturated rings. The van der Waals surface area contributed by atoms with Gasteiger partial charge < -0.3 is 10.5 Å². The molecule has 0 aromatic heterocycles. The zero-order valence-electron chi connectivity index (χ0n) is 9.19. The molecule has 15 heavy (non-hydrogen) atoms. The van der Waals surface area contributed by atoms with Crippen molar-refractivity contribution in [2.45, 2.75) is 32.8 Å². The van der Waals surface area contributed by atoms with Gasteiger partial charge in [-0.25, -0.2) is 0 Å². The minimum atomic E-state index is 0.0873. The third-order valence-corrected chi connectivity index (χ3v) is 2.34. The molecule has 0 aliphatic carbocycles. The molecule has 2 N–H and O–H groups in total. The summed E-state index contributed by atoms with van der Waals surface area (Å²) < 4.78 is 5.79. The zero-order chi connectivity index (χ0) is 11.3. The van der Waals surface area contributed by atoms with Gasteiger partial charge in [-0.05, 0) is 31.0 Å². The van der Waals surface area contributed by atoms with Crippen LogP contribution in [0.15, 0.2) is 24.3 Å². The number of nitrogens with two attached hydrogens (primary N) is 1.